The number of halogens is 1. The maximum Gasteiger partial charge on any atom is 0.166 e. The summed E-state index contributed by atoms with van der Waals surface area (Å²) >= 11 is 9.51. The summed E-state index contributed by atoms with van der Waals surface area (Å²) < 4.78 is 0. The highest BCUT2D eigenvalue weighted by atomic mass is 35.5. The molecule has 0 saturated heterocycles. The van der Waals surface area contributed by atoms with E-state index >= 15 is 0 Å². The first-order valence-electron chi connectivity index (χ1n) is 8.75. The summed E-state index contributed by atoms with van der Waals surface area (Å²) in [6.07, 6.45) is 5.68. The number of aromatic amines is 1. The van der Waals surface area contributed by atoms with E-state index in [1.54, 1.807) is 35.9 Å². The number of nitrogens with one attached hydrogen (secondary N) is 1. The zero-order chi connectivity index (χ0) is 19.3. The van der Waals surface area contributed by atoms with Crippen molar-refractivity contribution in [2.45, 2.75) is 15.8 Å². The first kappa shape index (κ1) is 19.1. The Morgan fingerprint density at radius 2 is 1.61 bits per heavy atom. The molecule has 4 rings (SSSR count). The summed E-state index contributed by atoms with van der Waals surface area (Å²) in [6, 6.07) is 20.4. The van der Waals surface area contributed by atoms with Crippen molar-refractivity contribution >= 4 is 35.1 Å². The maximum atomic E-state index is 6.06. The highest BCUT2D eigenvalue weighted by Gasteiger charge is 2.14. The van der Waals surface area contributed by atoms with Gasteiger partial charge in [0, 0.05) is 39.2 Å². The van der Waals surface area contributed by atoms with Gasteiger partial charge in [-0.2, -0.15) is 0 Å². The first-order chi connectivity index (χ1) is 13.7. The van der Waals surface area contributed by atoms with Crippen molar-refractivity contribution in [3.8, 4) is 22.5 Å². The van der Waals surface area contributed by atoms with E-state index in [-0.39, 0.29) is 0 Å². The monoisotopic (exact) mass is 423 g/mol. The standard InChI is InChI=1S/C22H18ClN3S2/c1-27-19-8-2-15(3-9-19)14-28-22-25-20(16-4-6-18(23)7-5-16)21(26-22)17-10-12-24-13-11-17/h2-13H,14H2,1H3,(H,25,26). The van der Waals surface area contributed by atoms with Crippen LogP contribution in [0.25, 0.3) is 22.5 Å². The third-order valence-electron chi connectivity index (χ3n) is 4.30. The number of imidazole rings is 1. The molecule has 0 fully saturated rings. The largest absolute Gasteiger partial charge is 0.332 e. The molecule has 2 heterocycles. The van der Waals surface area contributed by atoms with Gasteiger partial charge in [0.15, 0.2) is 5.16 Å². The van der Waals surface area contributed by atoms with E-state index in [1.165, 1.54) is 10.5 Å². The molecule has 1 N–H and O–H groups in total. The highest BCUT2D eigenvalue weighted by molar-refractivity contribution is 7.98. The number of hydrogen-bond donors (Lipinski definition) is 1. The van der Waals surface area contributed by atoms with Gasteiger partial charge < -0.3 is 4.98 Å². The Morgan fingerprint density at radius 1 is 0.893 bits per heavy atom. The molecule has 2 aromatic carbocycles. The maximum absolute atomic E-state index is 6.06. The van der Waals surface area contributed by atoms with E-state index in [0.29, 0.717) is 5.02 Å². The lowest BCUT2D eigenvalue weighted by atomic mass is 10.1. The van der Waals surface area contributed by atoms with Crippen LogP contribution >= 0.6 is 35.1 Å². The molecule has 28 heavy (non-hydrogen) atoms. The molecule has 4 aromatic rings. The molecule has 0 spiro atoms. The molecule has 0 bridgehead atoms. The summed E-state index contributed by atoms with van der Waals surface area (Å²) in [5.74, 6) is 0.859. The summed E-state index contributed by atoms with van der Waals surface area (Å²) in [6.45, 7) is 0. The summed E-state index contributed by atoms with van der Waals surface area (Å²) in [5, 5.41) is 1.61. The van der Waals surface area contributed by atoms with Crippen molar-refractivity contribution in [1.82, 2.24) is 15.0 Å². The highest BCUT2D eigenvalue weighted by Crippen LogP contribution is 2.34. The summed E-state index contributed by atoms with van der Waals surface area (Å²) in [7, 11) is 0. The second-order valence-corrected chi connectivity index (χ2v) is 8.43. The van der Waals surface area contributed by atoms with Gasteiger partial charge in [-0.25, -0.2) is 4.98 Å². The van der Waals surface area contributed by atoms with Crippen LogP contribution < -0.4 is 0 Å². The van der Waals surface area contributed by atoms with Gasteiger partial charge in [0.1, 0.15) is 0 Å². The molecule has 3 nitrogen and oxygen atoms in total. The number of rotatable bonds is 6. The average molecular weight is 424 g/mol. The van der Waals surface area contributed by atoms with Gasteiger partial charge in [-0.1, -0.05) is 47.6 Å². The van der Waals surface area contributed by atoms with Crippen LogP contribution in [0.3, 0.4) is 0 Å². The Bertz CT molecular complexity index is 1050. The molecule has 0 amide bonds. The van der Waals surface area contributed by atoms with Crippen LogP contribution in [-0.4, -0.2) is 21.2 Å². The predicted molar refractivity (Wildman–Crippen MR) is 120 cm³/mol. The smallest absolute Gasteiger partial charge is 0.166 e. The normalized spacial score (nSPS) is 10.9. The Morgan fingerprint density at radius 3 is 2.29 bits per heavy atom. The van der Waals surface area contributed by atoms with Gasteiger partial charge in [0.05, 0.1) is 11.4 Å². The van der Waals surface area contributed by atoms with Crippen LogP contribution in [0, 0.1) is 0 Å². The fraction of sp³-hybridized carbons (Fsp3) is 0.0909. The lowest BCUT2D eigenvalue weighted by Gasteiger charge is -2.03. The van der Waals surface area contributed by atoms with Crippen molar-refractivity contribution in [3.63, 3.8) is 0 Å². The van der Waals surface area contributed by atoms with Crippen LogP contribution in [0.15, 0.2) is 83.1 Å². The number of benzene rings is 2. The average Bonchev–Trinajstić information content (AvgIpc) is 3.18. The number of aromatic nitrogens is 3. The Balaban J connectivity index is 1.63. The van der Waals surface area contributed by atoms with Crippen LogP contribution in [0.5, 0.6) is 0 Å². The first-order valence-corrected chi connectivity index (χ1v) is 11.3. The zero-order valence-corrected chi connectivity index (χ0v) is 17.6. The molecule has 0 aliphatic heterocycles. The minimum Gasteiger partial charge on any atom is -0.332 e. The van der Waals surface area contributed by atoms with Gasteiger partial charge in [0.25, 0.3) is 0 Å². The third kappa shape index (κ3) is 4.43. The van der Waals surface area contributed by atoms with Crippen molar-refractivity contribution in [2.75, 3.05) is 6.26 Å². The van der Waals surface area contributed by atoms with Crippen LogP contribution in [-0.2, 0) is 5.75 Å². The second kappa shape index (κ2) is 8.86. The van der Waals surface area contributed by atoms with Gasteiger partial charge in [-0.15, -0.1) is 11.8 Å². The van der Waals surface area contributed by atoms with Crippen LogP contribution in [0.4, 0.5) is 0 Å². The third-order valence-corrected chi connectivity index (χ3v) is 6.24. The summed E-state index contributed by atoms with van der Waals surface area (Å²) in [4.78, 5) is 13.8. The van der Waals surface area contributed by atoms with E-state index in [2.05, 4.69) is 40.5 Å². The minimum atomic E-state index is 0.716. The van der Waals surface area contributed by atoms with Crippen molar-refractivity contribution in [3.05, 3.63) is 83.6 Å². The molecule has 2 aromatic heterocycles. The van der Waals surface area contributed by atoms with Crippen LogP contribution in [0.2, 0.25) is 5.02 Å². The number of pyridine rings is 1. The Kier molecular flexibility index (Phi) is 6.05. The number of thioether (sulfide) groups is 2. The molecule has 0 saturated carbocycles. The van der Waals surface area contributed by atoms with Gasteiger partial charge in [-0.05, 0) is 48.2 Å². The lowest BCUT2D eigenvalue weighted by Crippen LogP contribution is -1.84. The fourth-order valence-electron chi connectivity index (χ4n) is 2.84. The van der Waals surface area contributed by atoms with Crippen LogP contribution in [0.1, 0.15) is 5.56 Å². The molecule has 0 aliphatic rings. The minimum absolute atomic E-state index is 0.716. The van der Waals surface area contributed by atoms with E-state index in [0.717, 1.165) is 33.4 Å². The SMILES string of the molecule is CSc1ccc(CSc2nc(-c3ccc(Cl)cc3)c(-c3ccncc3)[nH]2)cc1. The van der Waals surface area contributed by atoms with E-state index < -0.39 is 0 Å². The zero-order valence-electron chi connectivity index (χ0n) is 15.2. The van der Waals surface area contributed by atoms with E-state index in [9.17, 15) is 0 Å². The molecule has 0 radical (unpaired) electrons. The number of nitrogens with zero attached hydrogens (tertiary/aromatic N) is 2. The van der Waals surface area contributed by atoms with Crippen molar-refractivity contribution < 1.29 is 0 Å². The van der Waals surface area contributed by atoms with Crippen molar-refractivity contribution in [1.29, 1.82) is 0 Å². The van der Waals surface area contributed by atoms with Gasteiger partial charge in [-0.3, -0.25) is 4.98 Å². The number of hydrogen-bond acceptors (Lipinski definition) is 4. The lowest BCUT2D eigenvalue weighted by molar-refractivity contribution is 1.06. The quantitative estimate of drug-likeness (QED) is 0.346. The second-order valence-electron chi connectivity index (χ2n) is 6.15. The molecular formula is C22H18ClN3S2. The molecule has 0 aliphatic carbocycles. The fourth-order valence-corrected chi connectivity index (χ4v) is 4.20. The Hall–Kier alpha value is -2.21. The predicted octanol–water partition coefficient (Wildman–Crippen LogP) is 6.81. The summed E-state index contributed by atoms with van der Waals surface area (Å²) in [5.41, 5.74) is 5.28. The topological polar surface area (TPSA) is 41.6 Å². The number of H-pyrrole nitrogens is 1. The molecule has 0 atom stereocenters. The van der Waals surface area contributed by atoms with E-state index in [1.807, 2.05) is 36.4 Å². The molecular weight excluding hydrogens is 406 g/mol. The molecule has 6 heteroatoms. The van der Waals surface area contributed by atoms with E-state index in [4.69, 9.17) is 16.6 Å². The molecule has 140 valence electrons. The van der Waals surface area contributed by atoms with Crippen molar-refractivity contribution in [2.24, 2.45) is 0 Å². The van der Waals surface area contributed by atoms with Gasteiger partial charge >= 0.3 is 0 Å². The molecule has 0 unspecified atom stereocenters. The Labute approximate surface area is 178 Å². The van der Waals surface area contributed by atoms with Gasteiger partial charge in [0.2, 0.25) is 0 Å².